The van der Waals surface area contributed by atoms with Crippen LogP contribution >= 0.6 is 11.3 Å². The first kappa shape index (κ1) is 17.4. The fraction of sp³-hybridized carbons (Fsp3) is 0.389. The molecule has 0 saturated carbocycles. The third kappa shape index (κ3) is 4.36. The third-order valence-electron chi connectivity index (χ3n) is 4.15. The highest BCUT2D eigenvalue weighted by Gasteiger charge is 2.29. The molecule has 0 bridgehead atoms. The highest BCUT2D eigenvalue weighted by Crippen LogP contribution is 2.24. The summed E-state index contributed by atoms with van der Waals surface area (Å²) in [4.78, 5) is 30.5. The zero-order valence-corrected chi connectivity index (χ0v) is 14.9. The first-order chi connectivity index (χ1) is 12.2. The van der Waals surface area contributed by atoms with Gasteiger partial charge in [0.1, 0.15) is 5.69 Å². The highest BCUT2D eigenvalue weighted by molar-refractivity contribution is 7.14. The van der Waals surface area contributed by atoms with E-state index >= 15 is 0 Å². The van der Waals surface area contributed by atoms with Crippen LogP contribution in [0, 0.1) is 5.92 Å². The number of piperidine rings is 1. The van der Waals surface area contributed by atoms with Crippen LogP contribution in [0.2, 0.25) is 0 Å². The molecule has 0 atom stereocenters. The van der Waals surface area contributed by atoms with Crippen LogP contribution in [0.3, 0.4) is 0 Å². The van der Waals surface area contributed by atoms with Crippen LogP contribution in [0.25, 0.3) is 0 Å². The van der Waals surface area contributed by atoms with E-state index in [0.717, 1.165) is 5.69 Å². The lowest BCUT2D eigenvalue weighted by Crippen LogP contribution is -2.40. The number of hydrogen-bond donors (Lipinski definition) is 1. The van der Waals surface area contributed by atoms with Crippen LogP contribution in [0.4, 0.5) is 10.8 Å². The fourth-order valence-electron chi connectivity index (χ4n) is 2.81. The van der Waals surface area contributed by atoms with Gasteiger partial charge in [0.2, 0.25) is 0 Å². The maximum absolute atomic E-state index is 12.6. The number of anilines is 2. The second-order valence-corrected chi connectivity index (χ2v) is 6.71. The van der Waals surface area contributed by atoms with Gasteiger partial charge in [0.15, 0.2) is 5.13 Å². The number of carbonyl (C=O) groups excluding carboxylic acids is 2. The van der Waals surface area contributed by atoms with Crippen molar-refractivity contribution in [3.8, 4) is 0 Å². The standard InChI is InChI=1S/C18H21N3O3S/c1-2-24-17(23)13-8-10-21(11-9-13)16(22)15-12-25-18(20-15)19-14-6-4-3-5-7-14/h3-7,12-13H,2,8-11H2,1H3,(H,19,20). The second kappa shape index (κ2) is 8.11. The summed E-state index contributed by atoms with van der Waals surface area (Å²) in [6.07, 6.45) is 1.29. The largest absolute Gasteiger partial charge is 0.466 e. The minimum Gasteiger partial charge on any atom is -0.466 e. The third-order valence-corrected chi connectivity index (χ3v) is 4.91. The average molecular weight is 359 g/mol. The van der Waals surface area contributed by atoms with Crippen LogP contribution < -0.4 is 5.32 Å². The average Bonchev–Trinajstić information content (AvgIpc) is 3.11. The van der Waals surface area contributed by atoms with E-state index < -0.39 is 0 Å². The lowest BCUT2D eigenvalue weighted by Gasteiger charge is -2.30. The number of ether oxygens (including phenoxy) is 1. The number of esters is 1. The normalized spacial score (nSPS) is 15.0. The Hall–Kier alpha value is -2.41. The summed E-state index contributed by atoms with van der Waals surface area (Å²) < 4.78 is 5.06. The molecule has 25 heavy (non-hydrogen) atoms. The summed E-state index contributed by atoms with van der Waals surface area (Å²) in [5, 5.41) is 5.65. The van der Waals surface area contributed by atoms with Gasteiger partial charge in [0.05, 0.1) is 12.5 Å². The van der Waals surface area contributed by atoms with Crippen LogP contribution in [0.15, 0.2) is 35.7 Å². The van der Waals surface area contributed by atoms with Crippen molar-refractivity contribution in [2.75, 3.05) is 25.0 Å². The molecule has 6 nitrogen and oxygen atoms in total. The van der Waals surface area contributed by atoms with Crippen molar-refractivity contribution in [2.45, 2.75) is 19.8 Å². The highest BCUT2D eigenvalue weighted by atomic mass is 32.1. The molecule has 0 unspecified atom stereocenters. The van der Waals surface area contributed by atoms with Crippen molar-refractivity contribution in [3.05, 3.63) is 41.4 Å². The van der Waals surface area contributed by atoms with E-state index in [1.807, 2.05) is 30.3 Å². The summed E-state index contributed by atoms with van der Waals surface area (Å²) >= 11 is 1.40. The van der Waals surface area contributed by atoms with Crippen molar-refractivity contribution in [3.63, 3.8) is 0 Å². The number of likely N-dealkylation sites (tertiary alicyclic amines) is 1. The number of thiazole rings is 1. The van der Waals surface area contributed by atoms with Gasteiger partial charge in [-0.05, 0) is 31.9 Å². The Balaban J connectivity index is 1.56. The molecule has 1 N–H and O–H groups in total. The minimum atomic E-state index is -0.155. The van der Waals surface area contributed by atoms with Crippen molar-refractivity contribution in [1.82, 2.24) is 9.88 Å². The van der Waals surface area contributed by atoms with Crippen LogP contribution in [-0.4, -0.2) is 41.5 Å². The van der Waals surface area contributed by atoms with Gasteiger partial charge in [-0.3, -0.25) is 9.59 Å². The number of hydrogen-bond acceptors (Lipinski definition) is 6. The predicted molar refractivity (Wildman–Crippen MR) is 97.1 cm³/mol. The van der Waals surface area contributed by atoms with Gasteiger partial charge in [-0.25, -0.2) is 4.98 Å². The molecular formula is C18H21N3O3S. The van der Waals surface area contributed by atoms with Crippen molar-refractivity contribution >= 4 is 34.0 Å². The molecule has 1 aromatic heterocycles. The van der Waals surface area contributed by atoms with Gasteiger partial charge >= 0.3 is 5.97 Å². The summed E-state index contributed by atoms with van der Waals surface area (Å²) in [6.45, 7) is 3.32. The maximum Gasteiger partial charge on any atom is 0.309 e. The smallest absolute Gasteiger partial charge is 0.309 e. The Morgan fingerprint density at radius 1 is 1.28 bits per heavy atom. The molecule has 1 aliphatic heterocycles. The summed E-state index contributed by atoms with van der Waals surface area (Å²) in [5.74, 6) is -0.341. The molecule has 132 valence electrons. The monoisotopic (exact) mass is 359 g/mol. The molecular weight excluding hydrogens is 338 g/mol. The van der Waals surface area contributed by atoms with Crippen molar-refractivity contribution < 1.29 is 14.3 Å². The lowest BCUT2D eigenvalue weighted by atomic mass is 9.97. The molecule has 1 saturated heterocycles. The molecule has 0 aliphatic carbocycles. The number of para-hydroxylation sites is 1. The first-order valence-electron chi connectivity index (χ1n) is 8.41. The number of nitrogens with one attached hydrogen (secondary N) is 1. The Bertz CT molecular complexity index is 724. The molecule has 1 aromatic carbocycles. The lowest BCUT2D eigenvalue weighted by molar-refractivity contribution is -0.149. The Morgan fingerprint density at radius 2 is 2.00 bits per heavy atom. The van der Waals surface area contributed by atoms with E-state index in [1.54, 1.807) is 17.2 Å². The first-order valence-corrected chi connectivity index (χ1v) is 9.29. The number of benzene rings is 1. The van der Waals surface area contributed by atoms with Gasteiger partial charge in [0.25, 0.3) is 5.91 Å². The number of rotatable bonds is 5. The van der Waals surface area contributed by atoms with Gasteiger partial charge in [-0.15, -0.1) is 11.3 Å². The molecule has 2 heterocycles. The maximum atomic E-state index is 12.6. The minimum absolute atomic E-state index is 0.0836. The molecule has 3 rings (SSSR count). The molecule has 0 radical (unpaired) electrons. The fourth-order valence-corrected chi connectivity index (χ4v) is 3.52. The number of amides is 1. The quantitative estimate of drug-likeness (QED) is 0.830. The topological polar surface area (TPSA) is 71.5 Å². The second-order valence-electron chi connectivity index (χ2n) is 5.85. The SMILES string of the molecule is CCOC(=O)C1CCN(C(=O)c2csc(Nc3ccccc3)n2)CC1. The van der Waals surface area contributed by atoms with E-state index in [1.165, 1.54) is 11.3 Å². The van der Waals surface area contributed by atoms with Crippen LogP contribution in [0.5, 0.6) is 0 Å². The van der Waals surface area contributed by atoms with E-state index in [9.17, 15) is 9.59 Å². The van der Waals surface area contributed by atoms with Gasteiger partial charge < -0.3 is 15.0 Å². The van der Waals surface area contributed by atoms with Crippen molar-refractivity contribution in [1.29, 1.82) is 0 Å². The van der Waals surface area contributed by atoms with Gasteiger partial charge in [0, 0.05) is 24.2 Å². The van der Waals surface area contributed by atoms with Crippen LogP contribution in [-0.2, 0) is 9.53 Å². The predicted octanol–water partition coefficient (Wildman–Crippen LogP) is 3.30. The Morgan fingerprint density at radius 3 is 2.68 bits per heavy atom. The van der Waals surface area contributed by atoms with E-state index in [4.69, 9.17) is 4.74 Å². The van der Waals surface area contributed by atoms with Gasteiger partial charge in [-0.1, -0.05) is 18.2 Å². The van der Waals surface area contributed by atoms with E-state index in [-0.39, 0.29) is 17.8 Å². The zero-order chi connectivity index (χ0) is 17.6. The summed E-state index contributed by atoms with van der Waals surface area (Å²) in [7, 11) is 0. The molecule has 1 fully saturated rings. The number of carbonyl (C=O) groups is 2. The Labute approximate surface area is 150 Å². The summed E-state index contributed by atoms with van der Waals surface area (Å²) in [5.41, 5.74) is 1.38. The van der Waals surface area contributed by atoms with Crippen LogP contribution in [0.1, 0.15) is 30.3 Å². The molecule has 0 spiro atoms. The van der Waals surface area contributed by atoms with E-state index in [2.05, 4.69) is 10.3 Å². The molecule has 1 amide bonds. The molecule has 2 aromatic rings. The van der Waals surface area contributed by atoms with Gasteiger partial charge in [-0.2, -0.15) is 0 Å². The van der Waals surface area contributed by atoms with Crippen molar-refractivity contribution in [2.24, 2.45) is 5.92 Å². The number of nitrogens with zero attached hydrogens (tertiary/aromatic N) is 2. The summed E-state index contributed by atoms with van der Waals surface area (Å²) in [6, 6.07) is 9.72. The zero-order valence-electron chi connectivity index (χ0n) is 14.1. The molecule has 7 heteroatoms. The molecule has 1 aliphatic rings. The van der Waals surface area contributed by atoms with E-state index in [0.29, 0.717) is 43.4 Å². The Kier molecular flexibility index (Phi) is 5.65. The number of aromatic nitrogens is 1.